The van der Waals surface area contributed by atoms with Gasteiger partial charge >= 0.3 is 0 Å². The number of hydrogen-bond acceptors (Lipinski definition) is 2. The molecule has 0 aliphatic carbocycles. The average molecular weight is 279 g/mol. The van der Waals surface area contributed by atoms with Gasteiger partial charge in [-0.2, -0.15) is 0 Å². The van der Waals surface area contributed by atoms with Crippen molar-refractivity contribution < 1.29 is 5.11 Å². The Balaban J connectivity index is 2.55. The molecule has 0 aliphatic heterocycles. The maximum atomic E-state index is 9.34. The Hall–Kier alpha value is -0.250. The Labute approximate surface area is 97.4 Å². The second-order valence-corrected chi connectivity index (χ2v) is 4.33. The Morgan fingerprint density at radius 1 is 1.57 bits per heavy atom. The molecule has 0 fully saturated rings. The van der Waals surface area contributed by atoms with Crippen LogP contribution in [0.1, 0.15) is 13.3 Å². The lowest BCUT2D eigenvalue weighted by atomic mass is 10.2. The van der Waals surface area contributed by atoms with E-state index in [0.717, 1.165) is 16.6 Å². The molecular formula is C10H13BrClNO. The van der Waals surface area contributed by atoms with Crippen LogP contribution >= 0.6 is 27.5 Å². The minimum absolute atomic E-state index is 0.301. The molecule has 0 amide bonds. The van der Waals surface area contributed by atoms with Gasteiger partial charge in [-0.1, -0.05) is 18.5 Å². The van der Waals surface area contributed by atoms with Crippen LogP contribution < -0.4 is 5.32 Å². The highest BCUT2D eigenvalue weighted by atomic mass is 79.9. The van der Waals surface area contributed by atoms with Crippen LogP contribution in [0.15, 0.2) is 22.7 Å². The second-order valence-electron chi connectivity index (χ2n) is 3.07. The highest BCUT2D eigenvalue weighted by molar-refractivity contribution is 9.10. The largest absolute Gasteiger partial charge is 0.391 e. The first kappa shape index (κ1) is 11.8. The lowest BCUT2D eigenvalue weighted by Gasteiger charge is -2.11. The minimum Gasteiger partial charge on any atom is -0.391 e. The van der Waals surface area contributed by atoms with Gasteiger partial charge in [0, 0.05) is 16.7 Å². The first-order valence-corrected chi connectivity index (χ1v) is 5.67. The molecular weight excluding hydrogens is 265 g/mol. The second kappa shape index (κ2) is 5.59. The normalized spacial score (nSPS) is 12.6. The smallest absolute Gasteiger partial charge is 0.0709 e. The quantitative estimate of drug-likeness (QED) is 0.886. The van der Waals surface area contributed by atoms with E-state index in [2.05, 4.69) is 21.2 Å². The summed E-state index contributed by atoms with van der Waals surface area (Å²) in [6.07, 6.45) is 0.450. The topological polar surface area (TPSA) is 32.3 Å². The predicted octanol–water partition coefficient (Wildman–Crippen LogP) is 3.29. The highest BCUT2D eigenvalue weighted by Crippen LogP contribution is 2.25. The summed E-state index contributed by atoms with van der Waals surface area (Å²) in [4.78, 5) is 0. The summed E-state index contributed by atoms with van der Waals surface area (Å²) in [6.45, 7) is 2.51. The van der Waals surface area contributed by atoms with Crippen molar-refractivity contribution in [3.05, 3.63) is 27.7 Å². The third kappa shape index (κ3) is 3.48. The number of halogens is 2. The molecule has 0 saturated heterocycles. The van der Waals surface area contributed by atoms with Crippen molar-refractivity contribution in [3.8, 4) is 0 Å². The molecule has 1 aromatic carbocycles. The molecule has 4 heteroatoms. The monoisotopic (exact) mass is 277 g/mol. The summed E-state index contributed by atoms with van der Waals surface area (Å²) >= 11 is 9.18. The van der Waals surface area contributed by atoms with Gasteiger partial charge in [-0.15, -0.1) is 0 Å². The molecule has 0 saturated carbocycles. The van der Waals surface area contributed by atoms with E-state index in [-0.39, 0.29) is 6.10 Å². The fourth-order valence-corrected chi connectivity index (χ4v) is 1.48. The molecule has 0 bridgehead atoms. The zero-order valence-corrected chi connectivity index (χ0v) is 10.3. The summed E-state index contributed by atoms with van der Waals surface area (Å²) < 4.78 is 0.857. The van der Waals surface area contributed by atoms with E-state index in [9.17, 15) is 5.11 Å². The molecule has 1 unspecified atom stereocenters. The molecule has 2 N–H and O–H groups in total. The Morgan fingerprint density at radius 3 is 2.86 bits per heavy atom. The van der Waals surface area contributed by atoms with Gasteiger partial charge in [-0.25, -0.2) is 0 Å². The van der Waals surface area contributed by atoms with Gasteiger partial charge < -0.3 is 10.4 Å². The zero-order valence-electron chi connectivity index (χ0n) is 7.93. The number of anilines is 1. The van der Waals surface area contributed by atoms with Gasteiger partial charge in [0.25, 0.3) is 0 Å². The van der Waals surface area contributed by atoms with E-state index >= 15 is 0 Å². The fourth-order valence-electron chi connectivity index (χ4n) is 0.986. The van der Waals surface area contributed by atoms with E-state index < -0.39 is 0 Å². The Bertz CT molecular complexity index is 306. The molecule has 78 valence electrons. The summed E-state index contributed by atoms with van der Waals surface area (Å²) in [5, 5.41) is 13.2. The fraction of sp³-hybridized carbons (Fsp3) is 0.400. The number of benzene rings is 1. The summed E-state index contributed by atoms with van der Waals surface area (Å²) in [6, 6.07) is 5.59. The number of hydrogen-bond donors (Lipinski definition) is 2. The van der Waals surface area contributed by atoms with Gasteiger partial charge in [0.15, 0.2) is 0 Å². The van der Waals surface area contributed by atoms with E-state index in [1.165, 1.54) is 0 Å². The number of rotatable bonds is 4. The zero-order chi connectivity index (χ0) is 10.6. The number of aliphatic hydroxyl groups excluding tert-OH is 1. The molecule has 0 aromatic heterocycles. The van der Waals surface area contributed by atoms with Crippen molar-refractivity contribution in [2.45, 2.75) is 19.4 Å². The Kier molecular flexibility index (Phi) is 4.72. The van der Waals surface area contributed by atoms with Crippen LogP contribution in [0.25, 0.3) is 0 Å². The summed E-state index contributed by atoms with van der Waals surface area (Å²) in [7, 11) is 0. The maximum Gasteiger partial charge on any atom is 0.0709 e. The van der Waals surface area contributed by atoms with Gasteiger partial charge in [0.1, 0.15) is 0 Å². The average Bonchev–Trinajstić information content (AvgIpc) is 2.19. The van der Waals surface area contributed by atoms with Crippen LogP contribution in [0.3, 0.4) is 0 Å². The van der Waals surface area contributed by atoms with Crippen LogP contribution in [0.2, 0.25) is 5.02 Å². The van der Waals surface area contributed by atoms with Crippen molar-refractivity contribution in [2.75, 3.05) is 11.9 Å². The van der Waals surface area contributed by atoms with Crippen molar-refractivity contribution in [3.63, 3.8) is 0 Å². The van der Waals surface area contributed by atoms with E-state index in [4.69, 9.17) is 11.6 Å². The standard InChI is InChI=1S/C10H13BrClNO/c1-2-8(14)6-13-7-3-4-10(12)9(11)5-7/h3-5,8,13-14H,2,6H2,1H3. The molecule has 0 radical (unpaired) electrons. The molecule has 1 atom stereocenters. The molecule has 2 nitrogen and oxygen atoms in total. The van der Waals surface area contributed by atoms with Crippen LogP contribution in [0, 0.1) is 0 Å². The number of aliphatic hydroxyl groups is 1. The van der Waals surface area contributed by atoms with Crippen molar-refractivity contribution >= 4 is 33.2 Å². The van der Waals surface area contributed by atoms with Gasteiger partial charge in [0.05, 0.1) is 11.1 Å². The van der Waals surface area contributed by atoms with Gasteiger partial charge in [-0.05, 0) is 40.5 Å². The number of nitrogens with one attached hydrogen (secondary N) is 1. The van der Waals surface area contributed by atoms with Crippen LogP contribution in [-0.4, -0.2) is 17.8 Å². The van der Waals surface area contributed by atoms with Gasteiger partial charge in [0.2, 0.25) is 0 Å². The Morgan fingerprint density at radius 2 is 2.29 bits per heavy atom. The molecule has 14 heavy (non-hydrogen) atoms. The van der Waals surface area contributed by atoms with E-state index in [1.807, 2.05) is 25.1 Å². The molecule has 0 spiro atoms. The van der Waals surface area contributed by atoms with Crippen LogP contribution in [0.4, 0.5) is 5.69 Å². The van der Waals surface area contributed by atoms with Crippen molar-refractivity contribution in [1.29, 1.82) is 0 Å². The summed E-state index contributed by atoms with van der Waals surface area (Å²) in [5.41, 5.74) is 0.953. The van der Waals surface area contributed by atoms with Crippen LogP contribution in [-0.2, 0) is 0 Å². The van der Waals surface area contributed by atoms with Gasteiger partial charge in [-0.3, -0.25) is 0 Å². The SMILES string of the molecule is CCC(O)CNc1ccc(Cl)c(Br)c1. The first-order chi connectivity index (χ1) is 6.63. The minimum atomic E-state index is -0.301. The third-order valence-electron chi connectivity index (χ3n) is 1.93. The maximum absolute atomic E-state index is 9.34. The molecule has 1 aromatic rings. The van der Waals surface area contributed by atoms with Crippen molar-refractivity contribution in [2.24, 2.45) is 0 Å². The molecule has 1 rings (SSSR count). The summed E-state index contributed by atoms with van der Waals surface area (Å²) in [5.74, 6) is 0. The predicted molar refractivity (Wildman–Crippen MR) is 63.9 cm³/mol. The molecule has 0 heterocycles. The molecule has 0 aliphatic rings. The lowest BCUT2D eigenvalue weighted by Crippen LogP contribution is -2.18. The third-order valence-corrected chi connectivity index (χ3v) is 3.15. The van der Waals surface area contributed by atoms with E-state index in [0.29, 0.717) is 11.6 Å². The van der Waals surface area contributed by atoms with Crippen LogP contribution in [0.5, 0.6) is 0 Å². The van der Waals surface area contributed by atoms with Crippen molar-refractivity contribution in [1.82, 2.24) is 0 Å². The first-order valence-electron chi connectivity index (χ1n) is 4.50. The van der Waals surface area contributed by atoms with E-state index in [1.54, 1.807) is 0 Å². The lowest BCUT2D eigenvalue weighted by molar-refractivity contribution is 0.183. The highest BCUT2D eigenvalue weighted by Gasteiger charge is 2.01.